The second kappa shape index (κ2) is 8.89. The molecule has 0 N–H and O–H groups in total. The van der Waals surface area contributed by atoms with Crippen molar-refractivity contribution >= 4 is 0 Å². The van der Waals surface area contributed by atoms with Gasteiger partial charge in [0.15, 0.2) is 0 Å². The minimum absolute atomic E-state index is 0.320. The van der Waals surface area contributed by atoms with Crippen LogP contribution in [-0.4, -0.2) is 35.0 Å². The highest BCUT2D eigenvalue weighted by Crippen LogP contribution is 2.48. The molecule has 0 aromatic heterocycles. The van der Waals surface area contributed by atoms with Crippen molar-refractivity contribution in [3.05, 3.63) is 97.1 Å². The fourth-order valence-electron chi connectivity index (χ4n) is 5.48. The summed E-state index contributed by atoms with van der Waals surface area (Å²) in [6, 6.07) is 23.9. The molecule has 0 radical (unpaired) electrons. The van der Waals surface area contributed by atoms with Crippen LogP contribution in [0.1, 0.15) is 48.9 Å². The zero-order valence-corrected chi connectivity index (χ0v) is 16.8. The first-order valence-corrected chi connectivity index (χ1v) is 10.7. The van der Waals surface area contributed by atoms with Gasteiger partial charge in [-0.05, 0) is 24.0 Å². The molecule has 2 heteroatoms. The Morgan fingerprint density at radius 3 is 1.43 bits per heavy atom. The van der Waals surface area contributed by atoms with Crippen LogP contribution in [0.3, 0.4) is 0 Å². The van der Waals surface area contributed by atoms with Gasteiger partial charge in [-0.3, -0.25) is 9.80 Å². The average molecular weight is 373 g/mol. The topological polar surface area (TPSA) is 6.48 Å². The van der Waals surface area contributed by atoms with E-state index >= 15 is 0 Å². The van der Waals surface area contributed by atoms with Gasteiger partial charge in [0.2, 0.25) is 0 Å². The summed E-state index contributed by atoms with van der Waals surface area (Å²) in [6.07, 6.45) is 9.39. The molecule has 1 aliphatic carbocycles. The van der Waals surface area contributed by atoms with Crippen molar-refractivity contribution in [1.82, 2.24) is 9.80 Å². The molecule has 2 aliphatic rings. The summed E-state index contributed by atoms with van der Waals surface area (Å²) in [5, 5.41) is 0. The van der Waals surface area contributed by atoms with Crippen molar-refractivity contribution in [1.29, 1.82) is 0 Å². The van der Waals surface area contributed by atoms with Crippen molar-refractivity contribution in [3.8, 4) is 0 Å². The van der Waals surface area contributed by atoms with E-state index < -0.39 is 0 Å². The predicted molar refractivity (Wildman–Crippen MR) is 118 cm³/mol. The van der Waals surface area contributed by atoms with Crippen LogP contribution in [0.5, 0.6) is 0 Å². The second-order valence-electron chi connectivity index (χ2n) is 8.10. The Labute approximate surface area is 170 Å². The van der Waals surface area contributed by atoms with Gasteiger partial charge in [0.05, 0.1) is 12.1 Å². The Bertz CT molecular complexity index is 702. The van der Waals surface area contributed by atoms with E-state index in [1.54, 1.807) is 0 Å². The van der Waals surface area contributed by atoms with E-state index in [1.165, 1.54) is 36.8 Å². The standard InChI is InChI=1S/C26H32N2/c1-3-19-27-23-17-11-12-18-24(23)28(20-4-2)26(22-15-9-6-10-16-22)25(27)21-13-7-5-8-14-21/h3-10,13-16,23-26H,1-2,11-12,17-20H2/t23-,24-,25+,26+/m1/s1. The normalized spacial score (nSPS) is 28.4. The van der Waals surface area contributed by atoms with Crippen molar-refractivity contribution in [2.45, 2.75) is 49.9 Å². The largest absolute Gasteiger partial charge is 0.286 e. The number of hydrogen-bond acceptors (Lipinski definition) is 2. The van der Waals surface area contributed by atoms with Gasteiger partial charge < -0.3 is 0 Å². The SMILES string of the molecule is C=CCN1[C@@H]2CCCC[C@H]2N(CC=C)[C@@H](c2ccccc2)[C@@H]1c1ccccc1. The first-order valence-electron chi connectivity index (χ1n) is 10.7. The maximum absolute atomic E-state index is 4.10. The smallest absolute Gasteiger partial charge is 0.0552 e. The van der Waals surface area contributed by atoms with E-state index in [2.05, 4.69) is 95.8 Å². The molecule has 4 rings (SSSR count). The van der Waals surface area contributed by atoms with Crippen LogP contribution in [0.15, 0.2) is 86.0 Å². The van der Waals surface area contributed by atoms with E-state index in [0.29, 0.717) is 24.2 Å². The molecule has 1 saturated heterocycles. The van der Waals surface area contributed by atoms with E-state index in [4.69, 9.17) is 0 Å². The van der Waals surface area contributed by atoms with Gasteiger partial charge in [0.1, 0.15) is 0 Å². The summed E-state index contributed by atoms with van der Waals surface area (Å²) in [4.78, 5) is 5.48. The van der Waals surface area contributed by atoms with E-state index in [-0.39, 0.29) is 0 Å². The van der Waals surface area contributed by atoms with Gasteiger partial charge in [-0.1, -0.05) is 85.7 Å². The quantitative estimate of drug-likeness (QED) is 0.594. The molecule has 2 fully saturated rings. The number of benzene rings is 2. The molecule has 2 aromatic carbocycles. The molecule has 1 saturated carbocycles. The van der Waals surface area contributed by atoms with Gasteiger partial charge in [0.25, 0.3) is 0 Å². The molecule has 0 bridgehead atoms. The third-order valence-electron chi connectivity index (χ3n) is 6.52. The van der Waals surface area contributed by atoms with E-state index in [9.17, 15) is 0 Å². The summed E-state index contributed by atoms with van der Waals surface area (Å²) in [7, 11) is 0. The third-order valence-corrected chi connectivity index (χ3v) is 6.52. The Balaban J connectivity index is 1.87. The van der Waals surface area contributed by atoms with Crippen LogP contribution in [0, 0.1) is 0 Å². The van der Waals surface area contributed by atoms with Gasteiger partial charge >= 0.3 is 0 Å². The average Bonchev–Trinajstić information content (AvgIpc) is 2.76. The van der Waals surface area contributed by atoms with Crippen molar-refractivity contribution < 1.29 is 0 Å². The van der Waals surface area contributed by atoms with E-state index in [1.807, 2.05) is 0 Å². The number of piperazine rings is 1. The Kier molecular flexibility index (Phi) is 6.09. The van der Waals surface area contributed by atoms with Crippen LogP contribution < -0.4 is 0 Å². The summed E-state index contributed by atoms with van der Waals surface area (Å²) < 4.78 is 0. The molecule has 1 heterocycles. The fraction of sp³-hybridized carbons (Fsp3) is 0.385. The van der Waals surface area contributed by atoms with Gasteiger partial charge in [-0.2, -0.15) is 0 Å². The van der Waals surface area contributed by atoms with Gasteiger partial charge in [-0.15, -0.1) is 13.2 Å². The summed E-state index contributed by atoms with van der Waals surface area (Å²) in [5.41, 5.74) is 2.80. The monoisotopic (exact) mass is 372 g/mol. The highest BCUT2D eigenvalue weighted by atomic mass is 15.4. The first-order chi connectivity index (χ1) is 13.8. The first kappa shape index (κ1) is 19.2. The fourth-order valence-corrected chi connectivity index (χ4v) is 5.48. The number of fused-ring (bicyclic) bond motifs is 1. The molecule has 0 spiro atoms. The molecular weight excluding hydrogens is 340 g/mol. The van der Waals surface area contributed by atoms with Crippen LogP contribution >= 0.6 is 0 Å². The lowest BCUT2D eigenvalue weighted by atomic mass is 9.78. The molecule has 2 nitrogen and oxygen atoms in total. The molecule has 28 heavy (non-hydrogen) atoms. The number of hydrogen-bond donors (Lipinski definition) is 0. The highest BCUT2D eigenvalue weighted by molar-refractivity contribution is 5.30. The minimum Gasteiger partial charge on any atom is -0.286 e. The van der Waals surface area contributed by atoms with Crippen molar-refractivity contribution in [3.63, 3.8) is 0 Å². The Morgan fingerprint density at radius 1 is 0.679 bits per heavy atom. The number of nitrogens with zero attached hydrogens (tertiary/aromatic N) is 2. The minimum atomic E-state index is 0.320. The maximum atomic E-state index is 4.10. The summed E-state index contributed by atoms with van der Waals surface area (Å²) in [5.74, 6) is 0. The molecule has 146 valence electrons. The molecule has 0 unspecified atom stereocenters. The lowest BCUT2D eigenvalue weighted by Gasteiger charge is -2.58. The molecule has 0 amide bonds. The molecule has 1 aliphatic heterocycles. The Hall–Kier alpha value is -2.16. The third kappa shape index (κ3) is 3.59. The van der Waals surface area contributed by atoms with Crippen molar-refractivity contribution in [2.24, 2.45) is 0 Å². The molecule has 2 aromatic rings. The van der Waals surface area contributed by atoms with Gasteiger partial charge in [-0.25, -0.2) is 0 Å². The lowest BCUT2D eigenvalue weighted by Crippen LogP contribution is -2.62. The highest BCUT2D eigenvalue weighted by Gasteiger charge is 2.48. The Morgan fingerprint density at radius 2 is 1.07 bits per heavy atom. The summed E-state index contributed by atoms with van der Waals surface area (Å²) >= 11 is 0. The molecular formula is C26H32N2. The van der Waals surface area contributed by atoms with Crippen LogP contribution in [0.4, 0.5) is 0 Å². The zero-order valence-electron chi connectivity index (χ0n) is 16.8. The zero-order chi connectivity index (χ0) is 19.3. The van der Waals surface area contributed by atoms with E-state index in [0.717, 1.165) is 13.1 Å². The van der Waals surface area contributed by atoms with Crippen LogP contribution in [0.2, 0.25) is 0 Å². The predicted octanol–water partition coefficient (Wildman–Crippen LogP) is 5.77. The van der Waals surface area contributed by atoms with Crippen molar-refractivity contribution in [2.75, 3.05) is 13.1 Å². The second-order valence-corrected chi connectivity index (χ2v) is 8.10. The summed E-state index contributed by atoms with van der Waals surface area (Å²) in [6.45, 7) is 10.1. The molecule has 4 atom stereocenters. The van der Waals surface area contributed by atoms with Gasteiger partial charge in [0, 0.05) is 25.2 Å². The number of rotatable bonds is 6. The van der Waals surface area contributed by atoms with Crippen LogP contribution in [0.25, 0.3) is 0 Å². The maximum Gasteiger partial charge on any atom is 0.0552 e. The lowest BCUT2D eigenvalue weighted by molar-refractivity contribution is -0.0734. The van der Waals surface area contributed by atoms with Crippen LogP contribution in [-0.2, 0) is 0 Å².